The molecule has 1 spiro atoms. The lowest BCUT2D eigenvalue weighted by molar-refractivity contribution is -0.0644. The van der Waals surface area contributed by atoms with Crippen molar-refractivity contribution >= 4 is 9.05 Å². The lowest BCUT2D eigenvalue weighted by Gasteiger charge is -2.36. The standard InChI is InChI=1S/C20H36O4Si/c1-2-6-17(5-1)19-9-13-21-25(22-14-10-19)23-15-11-20(12-16-24-25)18-7-3-4-8-18/h17-20H,1-16H2. The molecule has 25 heavy (non-hydrogen) atoms. The second kappa shape index (κ2) is 8.83. The second-order valence-electron chi connectivity index (χ2n) is 8.66. The van der Waals surface area contributed by atoms with Crippen LogP contribution in [0.5, 0.6) is 0 Å². The molecular weight excluding hydrogens is 332 g/mol. The molecule has 0 atom stereocenters. The zero-order valence-electron chi connectivity index (χ0n) is 15.8. The Hall–Kier alpha value is 0.0569. The monoisotopic (exact) mass is 368 g/mol. The van der Waals surface area contributed by atoms with Crippen molar-refractivity contribution in [3.05, 3.63) is 0 Å². The van der Waals surface area contributed by atoms with Gasteiger partial charge in [0.05, 0.1) is 0 Å². The normalized spacial score (nSPS) is 39.8. The molecule has 2 aliphatic carbocycles. The van der Waals surface area contributed by atoms with Crippen LogP contribution in [0.3, 0.4) is 0 Å². The quantitative estimate of drug-likeness (QED) is 0.663. The number of hydrogen-bond acceptors (Lipinski definition) is 4. The molecule has 0 aromatic heterocycles. The van der Waals surface area contributed by atoms with Crippen LogP contribution >= 0.6 is 0 Å². The third-order valence-corrected chi connectivity index (χ3v) is 9.43. The SMILES string of the molecule is C1CCC(C2CCO[Si]3(OCC2)OCCC(C2CCCC2)CCO3)C1. The summed E-state index contributed by atoms with van der Waals surface area (Å²) in [6.07, 6.45) is 15.9. The highest BCUT2D eigenvalue weighted by atomic mass is 28.4. The van der Waals surface area contributed by atoms with Crippen molar-refractivity contribution in [1.82, 2.24) is 0 Å². The van der Waals surface area contributed by atoms with Gasteiger partial charge in [-0.25, -0.2) is 0 Å². The van der Waals surface area contributed by atoms with Crippen LogP contribution in [0.1, 0.15) is 77.0 Å². The predicted molar refractivity (Wildman–Crippen MR) is 98.9 cm³/mol. The van der Waals surface area contributed by atoms with Gasteiger partial charge in [0.2, 0.25) is 0 Å². The van der Waals surface area contributed by atoms with Crippen LogP contribution in [0.2, 0.25) is 0 Å². The van der Waals surface area contributed by atoms with E-state index in [4.69, 9.17) is 17.7 Å². The summed E-state index contributed by atoms with van der Waals surface area (Å²) in [5, 5.41) is 0. The van der Waals surface area contributed by atoms with Crippen molar-refractivity contribution in [2.24, 2.45) is 23.7 Å². The maximum atomic E-state index is 6.17. The van der Waals surface area contributed by atoms with E-state index < -0.39 is 9.05 Å². The number of rotatable bonds is 2. The summed E-state index contributed by atoms with van der Waals surface area (Å²) in [4.78, 5) is 0. The zero-order chi connectivity index (χ0) is 17.0. The van der Waals surface area contributed by atoms with Gasteiger partial charge in [-0.05, 0) is 49.4 Å². The Balaban J connectivity index is 1.27. The maximum Gasteiger partial charge on any atom is 0.679 e. The Morgan fingerprint density at radius 2 is 0.680 bits per heavy atom. The minimum absolute atomic E-state index is 0.749. The lowest BCUT2D eigenvalue weighted by Crippen LogP contribution is -2.52. The van der Waals surface area contributed by atoms with Crippen molar-refractivity contribution in [3.8, 4) is 0 Å². The summed E-state index contributed by atoms with van der Waals surface area (Å²) in [6.45, 7) is 3.00. The summed E-state index contributed by atoms with van der Waals surface area (Å²) in [5.74, 6) is 3.34. The predicted octanol–water partition coefficient (Wildman–Crippen LogP) is 4.69. The van der Waals surface area contributed by atoms with Gasteiger partial charge < -0.3 is 17.7 Å². The molecule has 4 fully saturated rings. The molecule has 2 saturated heterocycles. The Kier molecular flexibility index (Phi) is 6.51. The molecule has 0 aromatic rings. The first-order valence-corrected chi connectivity index (χ1v) is 12.5. The molecule has 4 aliphatic rings. The lowest BCUT2D eigenvalue weighted by atomic mass is 9.86. The van der Waals surface area contributed by atoms with E-state index in [0.717, 1.165) is 75.8 Å². The average molecular weight is 369 g/mol. The van der Waals surface area contributed by atoms with E-state index in [-0.39, 0.29) is 0 Å². The van der Waals surface area contributed by atoms with Gasteiger partial charge in [-0.3, -0.25) is 0 Å². The molecule has 2 aliphatic heterocycles. The van der Waals surface area contributed by atoms with Crippen molar-refractivity contribution < 1.29 is 17.7 Å². The maximum absolute atomic E-state index is 6.17. The van der Waals surface area contributed by atoms with Crippen molar-refractivity contribution in [1.29, 1.82) is 0 Å². The third-order valence-electron chi connectivity index (χ3n) is 7.20. The summed E-state index contributed by atoms with van der Waals surface area (Å²) in [5.41, 5.74) is 0. The van der Waals surface area contributed by atoms with Gasteiger partial charge in [0.15, 0.2) is 0 Å². The molecule has 5 heteroatoms. The van der Waals surface area contributed by atoms with E-state index in [9.17, 15) is 0 Å². The molecule has 4 rings (SSSR count). The van der Waals surface area contributed by atoms with Gasteiger partial charge in [-0.1, -0.05) is 51.4 Å². The molecule has 0 N–H and O–H groups in total. The molecule has 144 valence electrons. The van der Waals surface area contributed by atoms with Crippen LogP contribution in [-0.2, 0) is 17.7 Å². The van der Waals surface area contributed by atoms with Gasteiger partial charge in [-0.15, -0.1) is 0 Å². The molecule has 0 radical (unpaired) electrons. The summed E-state index contributed by atoms with van der Waals surface area (Å²) >= 11 is 0. The first-order chi connectivity index (χ1) is 12.3. The highest BCUT2D eigenvalue weighted by molar-refractivity contribution is 6.53. The topological polar surface area (TPSA) is 36.9 Å². The van der Waals surface area contributed by atoms with E-state index >= 15 is 0 Å². The molecule has 0 bridgehead atoms. The van der Waals surface area contributed by atoms with E-state index in [0.29, 0.717) is 0 Å². The molecule has 4 nitrogen and oxygen atoms in total. The number of hydrogen-bond donors (Lipinski definition) is 0. The first-order valence-electron chi connectivity index (χ1n) is 10.9. The minimum atomic E-state index is -2.87. The van der Waals surface area contributed by atoms with Crippen LogP contribution in [0.4, 0.5) is 0 Å². The van der Waals surface area contributed by atoms with Crippen LogP contribution in [0.15, 0.2) is 0 Å². The van der Waals surface area contributed by atoms with Crippen molar-refractivity contribution in [2.45, 2.75) is 77.0 Å². The highest BCUT2D eigenvalue weighted by Gasteiger charge is 2.48. The Morgan fingerprint density at radius 1 is 0.400 bits per heavy atom. The fourth-order valence-corrected chi connectivity index (χ4v) is 7.65. The fraction of sp³-hybridized carbons (Fsp3) is 1.00. The smallest absolute Gasteiger partial charge is 0.351 e. The summed E-state index contributed by atoms with van der Waals surface area (Å²) in [7, 11) is -2.87. The van der Waals surface area contributed by atoms with Crippen LogP contribution < -0.4 is 0 Å². The van der Waals surface area contributed by atoms with Crippen molar-refractivity contribution in [2.75, 3.05) is 26.4 Å². The van der Waals surface area contributed by atoms with Gasteiger partial charge in [0, 0.05) is 26.4 Å². The van der Waals surface area contributed by atoms with Gasteiger partial charge in [0.1, 0.15) is 0 Å². The first kappa shape index (κ1) is 18.4. The molecular formula is C20H36O4Si. The molecule has 2 heterocycles. The molecule has 0 unspecified atom stereocenters. The summed E-state index contributed by atoms with van der Waals surface area (Å²) < 4.78 is 24.7. The van der Waals surface area contributed by atoms with Gasteiger partial charge in [0.25, 0.3) is 0 Å². The molecule has 2 saturated carbocycles. The van der Waals surface area contributed by atoms with Gasteiger partial charge >= 0.3 is 9.05 Å². The second-order valence-corrected chi connectivity index (χ2v) is 10.8. The highest BCUT2D eigenvalue weighted by Crippen LogP contribution is 2.38. The third kappa shape index (κ3) is 4.67. The Labute approximate surface area is 154 Å². The van der Waals surface area contributed by atoms with Crippen LogP contribution in [0, 0.1) is 23.7 Å². The van der Waals surface area contributed by atoms with E-state index in [1.54, 1.807) is 0 Å². The molecule has 0 amide bonds. The van der Waals surface area contributed by atoms with Crippen LogP contribution in [0.25, 0.3) is 0 Å². The largest absolute Gasteiger partial charge is 0.679 e. The molecule has 0 aromatic carbocycles. The Bertz CT molecular complexity index is 345. The summed E-state index contributed by atoms with van der Waals surface area (Å²) in [6, 6.07) is 0. The fourth-order valence-electron chi connectivity index (χ4n) is 5.68. The van der Waals surface area contributed by atoms with Gasteiger partial charge in [-0.2, -0.15) is 0 Å². The van der Waals surface area contributed by atoms with Crippen molar-refractivity contribution in [3.63, 3.8) is 0 Å². The Morgan fingerprint density at radius 3 is 1.00 bits per heavy atom. The van der Waals surface area contributed by atoms with E-state index in [1.165, 1.54) is 51.4 Å². The van der Waals surface area contributed by atoms with E-state index in [2.05, 4.69) is 0 Å². The average Bonchev–Trinajstić information content (AvgIpc) is 3.27. The zero-order valence-corrected chi connectivity index (χ0v) is 16.8. The van der Waals surface area contributed by atoms with Crippen LogP contribution in [-0.4, -0.2) is 35.5 Å². The van der Waals surface area contributed by atoms with E-state index in [1.807, 2.05) is 0 Å². The minimum Gasteiger partial charge on any atom is -0.351 e.